The molecule has 1 amide bonds. The Morgan fingerprint density at radius 3 is 2.53 bits per heavy atom. The van der Waals surface area contributed by atoms with Crippen LogP contribution in [0.2, 0.25) is 0 Å². The highest BCUT2D eigenvalue weighted by Crippen LogP contribution is 2.30. The highest BCUT2D eigenvalue weighted by atomic mass is 32.1. The van der Waals surface area contributed by atoms with Crippen LogP contribution in [0.15, 0.2) is 53.1 Å². The minimum Gasteiger partial charge on any atom is -0.497 e. The van der Waals surface area contributed by atoms with Gasteiger partial charge in [-0.3, -0.25) is 4.79 Å². The number of aryl methyl sites for hydroxylation is 2. The molecule has 2 aromatic heterocycles. The van der Waals surface area contributed by atoms with E-state index >= 15 is 0 Å². The Bertz CT molecular complexity index is 1200. The average molecular weight is 453 g/mol. The van der Waals surface area contributed by atoms with Gasteiger partial charge in [-0.2, -0.15) is 4.98 Å². The summed E-state index contributed by atoms with van der Waals surface area (Å²) in [6.07, 6.45) is 1.35. The summed E-state index contributed by atoms with van der Waals surface area (Å²) in [5.74, 6) is 1.29. The van der Waals surface area contributed by atoms with E-state index in [2.05, 4.69) is 20.4 Å². The molecule has 0 aliphatic rings. The molecule has 0 unspecified atom stereocenters. The molecule has 164 valence electrons. The van der Waals surface area contributed by atoms with Crippen molar-refractivity contribution < 1.29 is 18.4 Å². The van der Waals surface area contributed by atoms with Gasteiger partial charge in [0.2, 0.25) is 17.6 Å². The fraction of sp³-hybridized carbons (Fsp3) is 0.217. The third-order valence-corrected chi connectivity index (χ3v) is 5.66. The van der Waals surface area contributed by atoms with Gasteiger partial charge < -0.3 is 14.6 Å². The van der Waals surface area contributed by atoms with Gasteiger partial charge in [-0.1, -0.05) is 5.16 Å². The first-order valence-electron chi connectivity index (χ1n) is 10.0. The summed E-state index contributed by atoms with van der Waals surface area (Å²) in [7, 11) is 1.61. The Kier molecular flexibility index (Phi) is 6.55. The summed E-state index contributed by atoms with van der Waals surface area (Å²) in [4.78, 5) is 22.1. The molecule has 2 heterocycles. The van der Waals surface area contributed by atoms with E-state index in [1.54, 1.807) is 19.2 Å². The Morgan fingerprint density at radius 1 is 1.09 bits per heavy atom. The number of thiazole rings is 1. The number of hydrogen-bond acceptors (Lipinski definition) is 7. The molecule has 0 bridgehead atoms. The summed E-state index contributed by atoms with van der Waals surface area (Å²) in [6, 6.07) is 13.5. The zero-order chi connectivity index (χ0) is 22.5. The summed E-state index contributed by atoms with van der Waals surface area (Å²) >= 11 is 1.39. The molecule has 7 nitrogen and oxygen atoms in total. The van der Waals surface area contributed by atoms with Crippen molar-refractivity contribution in [3.8, 4) is 28.4 Å². The topological polar surface area (TPSA) is 90.1 Å². The molecule has 0 aliphatic carbocycles. The van der Waals surface area contributed by atoms with Crippen molar-refractivity contribution in [2.75, 3.05) is 12.4 Å². The maximum Gasteiger partial charge on any atom is 0.226 e. The maximum absolute atomic E-state index is 13.1. The summed E-state index contributed by atoms with van der Waals surface area (Å²) in [6.45, 7) is 1.92. The molecule has 2 aromatic carbocycles. The molecule has 9 heteroatoms. The lowest BCUT2D eigenvalue weighted by Gasteiger charge is -2.00. The molecule has 0 atom stereocenters. The Hall–Kier alpha value is -3.59. The number of carbonyl (C=O) groups excluding carboxylic acids is 1. The lowest BCUT2D eigenvalue weighted by atomic mass is 10.1. The number of ether oxygens (including phenoxy) is 1. The van der Waals surface area contributed by atoms with E-state index in [0.717, 1.165) is 27.4 Å². The molecule has 0 spiro atoms. The van der Waals surface area contributed by atoms with Gasteiger partial charge in [0.25, 0.3) is 0 Å². The van der Waals surface area contributed by atoms with Crippen LogP contribution in [0.5, 0.6) is 5.75 Å². The summed E-state index contributed by atoms with van der Waals surface area (Å²) < 4.78 is 23.6. The fourth-order valence-electron chi connectivity index (χ4n) is 3.12. The van der Waals surface area contributed by atoms with Crippen molar-refractivity contribution in [3.05, 3.63) is 65.1 Å². The van der Waals surface area contributed by atoms with Gasteiger partial charge in [-0.25, -0.2) is 9.37 Å². The van der Waals surface area contributed by atoms with Crippen LogP contribution in [0.1, 0.15) is 23.6 Å². The highest BCUT2D eigenvalue weighted by molar-refractivity contribution is 7.16. The number of benzene rings is 2. The van der Waals surface area contributed by atoms with Gasteiger partial charge in [-0.05, 0) is 61.9 Å². The maximum atomic E-state index is 13.1. The van der Waals surface area contributed by atoms with Crippen LogP contribution in [0.4, 0.5) is 9.52 Å². The molecule has 0 radical (unpaired) electrons. The van der Waals surface area contributed by atoms with Gasteiger partial charge in [0.15, 0.2) is 5.13 Å². The standard InChI is InChI=1S/C23H21FN4O3S/c1-14-21(15-6-10-17(24)11-7-15)27-23(32-14)25-19(29)4-3-5-20-26-22(28-31-20)16-8-12-18(30-2)13-9-16/h6-13H,3-5H2,1-2H3,(H,25,27,29). The van der Waals surface area contributed by atoms with Gasteiger partial charge >= 0.3 is 0 Å². The molecule has 4 rings (SSSR count). The van der Waals surface area contributed by atoms with E-state index in [4.69, 9.17) is 9.26 Å². The monoisotopic (exact) mass is 452 g/mol. The van der Waals surface area contributed by atoms with Gasteiger partial charge in [0.1, 0.15) is 11.6 Å². The van der Waals surface area contributed by atoms with Crippen molar-refractivity contribution in [3.63, 3.8) is 0 Å². The quantitative estimate of drug-likeness (QED) is 0.391. The van der Waals surface area contributed by atoms with Crippen LogP contribution in [-0.4, -0.2) is 28.1 Å². The first-order chi connectivity index (χ1) is 15.5. The van der Waals surface area contributed by atoms with E-state index in [1.807, 2.05) is 31.2 Å². The second-order valence-electron chi connectivity index (χ2n) is 7.07. The van der Waals surface area contributed by atoms with Crippen LogP contribution >= 0.6 is 11.3 Å². The number of rotatable bonds is 8. The first-order valence-corrected chi connectivity index (χ1v) is 10.8. The number of halogens is 1. The minimum absolute atomic E-state index is 0.140. The summed E-state index contributed by atoms with van der Waals surface area (Å²) in [5.41, 5.74) is 2.38. The summed E-state index contributed by atoms with van der Waals surface area (Å²) in [5, 5.41) is 7.34. The van der Waals surface area contributed by atoms with E-state index in [9.17, 15) is 9.18 Å². The molecule has 32 heavy (non-hydrogen) atoms. The number of nitrogens with one attached hydrogen (secondary N) is 1. The predicted molar refractivity (Wildman–Crippen MR) is 120 cm³/mol. The lowest BCUT2D eigenvalue weighted by molar-refractivity contribution is -0.116. The third-order valence-electron chi connectivity index (χ3n) is 4.77. The molecular weight excluding hydrogens is 431 g/mol. The Morgan fingerprint density at radius 2 is 1.81 bits per heavy atom. The number of methoxy groups -OCH3 is 1. The molecule has 0 aliphatic heterocycles. The molecule has 0 fully saturated rings. The highest BCUT2D eigenvalue weighted by Gasteiger charge is 2.13. The number of nitrogens with zero attached hydrogens (tertiary/aromatic N) is 3. The van der Waals surface area contributed by atoms with Crippen LogP contribution in [0.3, 0.4) is 0 Å². The number of hydrogen-bond donors (Lipinski definition) is 1. The van der Waals surface area contributed by atoms with Crippen LogP contribution < -0.4 is 10.1 Å². The second-order valence-corrected chi connectivity index (χ2v) is 8.28. The average Bonchev–Trinajstić information content (AvgIpc) is 3.41. The number of amides is 1. The zero-order valence-electron chi connectivity index (χ0n) is 17.6. The van der Waals surface area contributed by atoms with Crippen molar-refractivity contribution >= 4 is 22.4 Å². The number of carbonyl (C=O) groups is 1. The van der Waals surface area contributed by atoms with Crippen molar-refractivity contribution in [1.82, 2.24) is 15.1 Å². The van der Waals surface area contributed by atoms with Crippen LogP contribution in [0.25, 0.3) is 22.6 Å². The number of anilines is 1. The molecule has 0 saturated heterocycles. The first kappa shape index (κ1) is 21.6. The van der Waals surface area contributed by atoms with Gasteiger partial charge in [-0.15, -0.1) is 11.3 Å². The molecular formula is C23H21FN4O3S. The van der Waals surface area contributed by atoms with E-state index in [0.29, 0.717) is 36.1 Å². The van der Waals surface area contributed by atoms with E-state index < -0.39 is 0 Å². The zero-order valence-corrected chi connectivity index (χ0v) is 18.4. The van der Waals surface area contributed by atoms with Crippen molar-refractivity contribution in [1.29, 1.82) is 0 Å². The second kappa shape index (κ2) is 9.69. The Balaban J connectivity index is 1.29. The molecule has 4 aromatic rings. The minimum atomic E-state index is -0.299. The fourth-order valence-corrected chi connectivity index (χ4v) is 3.97. The van der Waals surface area contributed by atoms with E-state index in [1.165, 1.54) is 23.5 Å². The van der Waals surface area contributed by atoms with Crippen LogP contribution in [0, 0.1) is 12.7 Å². The SMILES string of the molecule is COc1ccc(-c2noc(CCCC(=O)Nc3nc(-c4ccc(F)cc4)c(C)s3)n2)cc1. The molecule has 1 N–H and O–H groups in total. The van der Waals surface area contributed by atoms with Crippen molar-refractivity contribution in [2.45, 2.75) is 26.2 Å². The lowest BCUT2D eigenvalue weighted by Crippen LogP contribution is -2.11. The Labute approximate surface area is 188 Å². The smallest absolute Gasteiger partial charge is 0.226 e. The van der Waals surface area contributed by atoms with Gasteiger partial charge in [0.05, 0.1) is 12.8 Å². The largest absolute Gasteiger partial charge is 0.497 e. The van der Waals surface area contributed by atoms with Crippen LogP contribution in [-0.2, 0) is 11.2 Å². The van der Waals surface area contributed by atoms with Crippen molar-refractivity contribution in [2.24, 2.45) is 0 Å². The third kappa shape index (κ3) is 5.17. The normalized spacial score (nSPS) is 10.8. The predicted octanol–water partition coefficient (Wildman–Crippen LogP) is 5.28. The van der Waals surface area contributed by atoms with Gasteiger partial charge in [0, 0.05) is 28.8 Å². The number of aromatic nitrogens is 3. The van der Waals surface area contributed by atoms with E-state index in [-0.39, 0.29) is 11.7 Å². The molecule has 0 saturated carbocycles.